The first-order chi connectivity index (χ1) is 9.65. The van der Waals surface area contributed by atoms with Gasteiger partial charge in [-0.25, -0.2) is 0 Å². The smallest absolute Gasteiger partial charge is 0.0331 e. The summed E-state index contributed by atoms with van der Waals surface area (Å²) in [4.78, 5) is 4.05. The van der Waals surface area contributed by atoms with E-state index in [0.29, 0.717) is 6.04 Å². The molecule has 0 radical (unpaired) electrons. The lowest BCUT2D eigenvalue weighted by Gasteiger charge is -2.30. The summed E-state index contributed by atoms with van der Waals surface area (Å²) in [7, 11) is 0. The highest BCUT2D eigenvalue weighted by Gasteiger charge is 2.18. The van der Waals surface area contributed by atoms with Crippen molar-refractivity contribution in [3.8, 4) is 0 Å². The molecule has 0 amide bonds. The van der Waals surface area contributed by atoms with Gasteiger partial charge in [-0.2, -0.15) is 0 Å². The number of hydrogen-bond acceptors (Lipinski definition) is 3. The van der Waals surface area contributed by atoms with Crippen LogP contribution in [0.5, 0.6) is 0 Å². The topological polar surface area (TPSA) is 15.3 Å². The second-order valence-electron chi connectivity index (χ2n) is 6.57. The molecule has 0 saturated heterocycles. The van der Waals surface area contributed by atoms with Crippen LogP contribution in [-0.2, 0) is 6.54 Å². The average Bonchev–Trinajstić information content (AvgIpc) is 2.90. The minimum Gasteiger partial charge on any atom is -0.313 e. The predicted molar refractivity (Wildman–Crippen MR) is 89.3 cm³/mol. The molecule has 1 N–H and O–H groups in total. The van der Waals surface area contributed by atoms with Crippen molar-refractivity contribution in [1.82, 2.24) is 10.2 Å². The fourth-order valence-corrected chi connectivity index (χ4v) is 3.88. The van der Waals surface area contributed by atoms with E-state index in [1.807, 2.05) is 11.3 Å². The molecule has 114 valence electrons. The molecule has 1 fully saturated rings. The second-order valence-corrected chi connectivity index (χ2v) is 7.60. The van der Waals surface area contributed by atoms with Gasteiger partial charge < -0.3 is 5.32 Å². The van der Waals surface area contributed by atoms with Crippen molar-refractivity contribution >= 4 is 11.3 Å². The lowest BCUT2D eigenvalue weighted by Crippen LogP contribution is -2.41. The van der Waals surface area contributed by atoms with Crippen molar-refractivity contribution in [1.29, 1.82) is 0 Å². The third-order valence-corrected chi connectivity index (χ3v) is 5.30. The van der Waals surface area contributed by atoms with Crippen LogP contribution < -0.4 is 5.32 Å². The Balaban J connectivity index is 1.72. The van der Waals surface area contributed by atoms with E-state index in [2.05, 4.69) is 48.5 Å². The molecule has 2 atom stereocenters. The monoisotopic (exact) mass is 294 g/mol. The van der Waals surface area contributed by atoms with E-state index >= 15 is 0 Å². The summed E-state index contributed by atoms with van der Waals surface area (Å²) < 4.78 is 0. The van der Waals surface area contributed by atoms with Crippen molar-refractivity contribution in [3.63, 3.8) is 0 Å². The summed E-state index contributed by atoms with van der Waals surface area (Å²) in [6.45, 7) is 10.4. The predicted octanol–water partition coefficient (Wildman–Crippen LogP) is 4.13. The van der Waals surface area contributed by atoms with E-state index in [4.69, 9.17) is 0 Å². The Labute approximate surface area is 128 Å². The van der Waals surface area contributed by atoms with Crippen molar-refractivity contribution < 1.29 is 0 Å². The van der Waals surface area contributed by atoms with Gasteiger partial charge in [0.25, 0.3) is 0 Å². The lowest BCUT2D eigenvalue weighted by atomic mass is 9.87. The highest BCUT2D eigenvalue weighted by molar-refractivity contribution is 7.09. The van der Waals surface area contributed by atoms with Crippen molar-refractivity contribution in [3.05, 3.63) is 22.4 Å². The van der Waals surface area contributed by atoms with Gasteiger partial charge in [-0.3, -0.25) is 4.90 Å². The molecule has 0 aromatic carbocycles. The molecule has 0 spiro atoms. The highest BCUT2D eigenvalue weighted by Crippen LogP contribution is 2.23. The molecule has 1 aromatic heterocycles. The van der Waals surface area contributed by atoms with Crippen LogP contribution in [0.25, 0.3) is 0 Å². The summed E-state index contributed by atoms with van der Waals surface area (Å²) in [5, 5.41) is 5.95. The van der Waals surface area contributed by atoms with Gasteiger partial charge in [0.2, 0.25) is 0 Å². The maximum absolute atomic E-state index is 3.78. The third kappa shape index (κ3) is 5.19. The zero-order chi connectivity index (χ0) is 14.4. The van der Waals surface area contributed by atoms with Gasteiger partial charge in [0, 0.05) is 36.6 Å². The number of nitrogens with one attached hydrogen (secondary N) is 1. The molecule has 0 aliphatic heterocycles. The third-order valence-electron chi connectivity index (χ3n) is 4.44. The van der Waals surface area contributed by atoms with Gasteiger partial charge >= 0.3 is 0 Å². The maximum atomic E-state index is 3.78. The Kier molecular flexibility index (Phi) is 6.53. The summed E-state index contributed by atoms with van der Waals surface area (Å²) in [5.74, 6) is 0.911. The van der Waals surface area contributed by atoms with Crippen LogP contribution in [0.3, 0.4) is 0 Å². The van der Waals surface area contributed by atoms with Crippen LogP contribution in [0.15, 0.2) is 17.5 Å². The fourth-order valence-electron chi connectivity index (χ4n) is 3.15. The SMILES string of the molecule is CC1CCCC(NCCN(Cc2cccs2)C(C)C)C1. The van der Waals surface area contributed by atoms with Crippen LogP contribution in [0.4, 0.5) is 0 Å². The number of rotatable bonds is 7. The minimum absolute atomic E-state index is 0.615. The van der Waals surface area contributed by atoms with Gasteiger partial charge in [0.1, 0.15) is 0 Å². The van der Waals surface area contributed by atoms with Crippen LogP contribution in [0.1, 0.15) is 51.3 Å². The molecule has 1 aromatic rings. The summed E-state index contributed by atoms with van der Waals surface area (Å²) in [6.07, 6.45) is 5.57. The van der Waals surface area contributed by atoms with Gasteiger partial charge in [0.15, 0.2) is 0 Å². The van der Waals surface area contributed by atoms with E-state index in [-0.39, 0.29) is 0 Å². The molecule has 1 aliphatic rings. The van der Waals surface area contributed by atoms with Gasteiger partial charge in [-0.1, -0.05) is 25.8 Å². The van der Waals surface area contributed by atoms with Gasteiger partial charge in [0.05, 0.1) is 0 Å². The Bertz CT molecular complexity index is 361. The van der Waals surface area contributed by atoms with E-state index in [0.717, 1.165) is 31.6 Å². The zero-order valence-corrected chi connectivity index (χ0v) is 14.1. The first kappa shape index (κ1) is 16.0. The standard InChI is InChI=1S/C17H30N2S/c1-14(2)19(13-17-8-5-11-20-17)10-9-18-16-7-4-6-15(3)12-16/h5,8,11,14-16,18H,4,6-7,9-10,12-13H2,1-3H3. The van der Waals surface area contributed by atoms with Crippen LogP contribution in [0, 0.1) is 5.92 Å². The number of hydrogen-bond donors (Lipinski definition) is 1. The van der Waals surface area contributed by atoms with Gasteiger partial charge in [-0.15, -0.1) is 11.3 Å². The first-order valence-electron chi connectivity index (χ1n) is 8.15. The molecule has 1 saturated carbocycles. The molecule has 20 heavy (non-hydrogen) atoms. The van der Waals surface area contributed by atoms with Crippen LogP contribution in [0.2, 0.25) is 0 Å². The largest absolute Gasteiger partial charge is 0.313 e. The Morgan fingerprint density at radius 3 is 2.90 bits per heavy atom. The van der Waals surface area contributed by atoms with E-state index in [1.165, 1.54) is 30.6 Å². The van der Waals surface area contributed by atoms with E-state index in [1.54, 1.807) is 0 Å². The molecule has 2 rings (SSSR count). The highest BCUT2D eigenvalue weighted by atomic mass is 32.1. The quantitative estimate of drug-likeness (QED) is 0.813. The second kappa shape index (κ2) is 8.16. The summed E-state index contributed by atoms with van der Waals surface area (Å²) >= 11 is 1.87. The van der Waals surface area contributed by atoms with Crippen molar-refractivity contribution in [2.45, 2.75) is 65.1 Å². The molecule has 2 nitrogen and oxygen atoms in total. The molecule has 3 heteroatoms. The number of nitrogens with zero attached hydrogens (tertiary/aromatic N) is 1. The normalized spacial score (nSPS) is 23.6. The van der Waals surface area contributed by atoms with Crippen LogP contribution in [-0.4, -0.2) is 30.1 Å². The van der Waals surface area contributed by atoms with Crippen molar-refractivity contribution in [2.75, 3.05) is 13.1 Å². The Morgan fingerprint density at radius 1 is 1.40 bits per heavy atom. The van der Waals surface area contributed by atoms with Gasteiger partial charge in [-0.05, 0) is 44.1 Å². The minimum atomic E-state index is 0.615. The van der Waals surface area contributed by atoms with Crippen molar-refractivity contribution in [2.24, 2.45) is 5.92 Å². The van der Waals surface area contributed by atoms with E-state index in [9.17, 15) is 0 Å². The average molecular weight is 295 g/mol. The molecule has 1 heterocycles. The zero-order valence-electron chi connectivity index (χ0n) is 13.3. The van der Waals surface area contributed by atoms with E-state index < -0.39 is 0 Å². The Hall–Kier alpha value is -0.380. The first-order valence-corrected chi connectivity index (χ1v) is 9.03. The number of thiophene rings is 1. The molecule has 2 unspecified atom stereocenters. The molecule has 1 aliphatic carbocycles. The lowest BCUT2D eigenvalue weighted by molar-refractivity contribution is 0.205. The fraction of sp³-hybridized carbons (Fsp3) is 0.765. The summed E-state index contributed by atoms with van der Waals surface area (Å²) in [5.41, 5.74) is 0. The van der Waals surface area contributed by atoms with Crippen LogP contribution >= 0.6 is 11.3 Å². The molecular formula is C17H30N2S. The maximum Gasteiger partial charge on any atom is 0.0331 e. The molecular weight excluding hydrogens is 264 g/mol. The molecule has 0 bridgehead atoms. The Morgan fingerprint density at radius 2 is 2.25 bits per heavy atom. The summed E-state index contributed by atoms with van der Waals surface area (Å²) in [6, 6.07) is 5.77.